The van der Waals surface area contributed by atoms with Crippen LogP contribution >= 0.6 is 23.2 Å². The Morgan fingerprint density at radius 3 is 2.70 bits per heavy atom. The first-order chi connectivity index (χ1) is 16.1. The second-order valence-corrected chi connectivity index (χ2v) is 9.20. The molecule has 3 aromatic rings. The summed E-state index contributed by atoms with van der Waals surface area (Å²) in [5.41, 5.74) is 2.05. The van der Waals surface area contributed by atoms with Gasteiger partial charge in [-0.1, -0.05) is 47.5 Å². The number of rotatable bonds is 9. The zero-order valence-corrected chi connectivity index (χ0v) is 19.8. The molecule has 2 unspecified atom stereocenters. The van der Waals surface area contributed by atoms with E-state index in [2.05, 4.69) is 15.6 Å². The largest absolute Gasteiger partial charge is 0.375 e. The number of halogens is 3. The van der Waals surface area contributed by atoms with Crippen molar-refractivity contribution in [2.45, 2.75) is 31.4 Å². The van der Waals surface area contributed by atoms with Gasteiger partial charge in [0.25, 0.3) is 5.91 Å². The van der Waals surface area contributed by atoms with Gasteiger partial charge in [0, 0.05) is 34.1 Å². The predicted octanol–water partition coefficient (Wildman–Crippen LogP) is 5.69. The molecule has 1 aliphatic rings. The van der Waals surface area contributed by atoms with Crippen molar-refractivity contribution in [3.05, 3.63) is 69.8 Å². The van der Waals surface area contributed by atoms with Crippen LogP contribution in [0.5, 0.6) is 0 Å². The highest BCUT2D eigenvalue weighted by atomic mass is 35.5. The van der Waals surface area contributed by atoms with Crippen LogP contribution in [0.1, 0.15) is 41.2 Å². The maximum Gasteiger partial charge on any atom is 0.251 e. The van der Waals surface area contributed by atoms with Crippen LogP contribution in [0.15, 0.2) is 48.7 Å². The van der Waals surface area contributed by atoms with Gasteiger partial charge in [0.1, 0.15) is 0 Å². The normalized spacial score (nSPS) is 16.6. The molecule has 0 saturated carbocycles. The molecule has 0 bridgehead atoms. The number of piperidine rings is 1. The van der Waals surface area contributed by atoms with Gasteiger partial charge in [0.2, 0.25) is 0 Å². The van der Waals surface area contributed by atoms with Crippen molar-refractivity contribution >= 4 is 40.0 Å². The number of fused-ring (bicyclic) bond motifs is 1. The molecular weight excluding hydrogens is 464 g/mol. The van der Waals surface area contributed by atoms with Gasteiger partial charge in [-0.15, -0.1) is 0 Å². The Morgan fingerprint density at radius 2 is 1.94 bits per heavy atom. The molecule has 1 aliphatic heterocycles. The summed E-state index contributed by atoms with van der Waals surface area (Å²) in [5.74, 6) is 0.0460. The van der Waals surface area contributed by atoms with Crippen LogP contribution < -0.4 is 10.6 Å². The lowest BCUT2D eigenvalue weighted by Crippen LogP contribution is -2.38. The van der Waals surface area contributed by atoms with Crippen LogP contribution in [0, 0.1) is 5.92 Å². The molecule has 3 N–H and O–H groups in total. The molecule has 33 heavy (non-hydrogen) atoms. The number of benzene rings is 2. The number of hydrogen-bond donors (Lipinski definition) is 3. The molecule has 1 fully saturated rings. The molecule has 0 spiro atoms. The summed E-state index contributed by atoms with van der Waals surface area (Å²) in [5, 5.41) is 8.40. The lowest BCUT2D eigenvalue weighted by Gasteiger charge is -2.32. The number of alkyl halides is 1. The fourth-order valence-corrected chi connectivity index (χ4v) is 4.93. The van der Waals surface area contributed by atoms with E-state index < -0.39 is 12.7 Å². The lowest BCUT2D eigenvalue weighted by molar-refractivity contribution is -0.0158. The van der Waals surface area contributed by atoms with Crippen molar-refractivity contribution in [1.29, 1.82) is 0 Å². The summed E-state index contributed by atoms with van der Waals surface area (Å²) in [6, 6.07) is 12.2. The van der Waals surface area contributed by atoms with Crippen LogP contribution in [-0.4, -0.2) is 43.4 Å². The highest BCUT2D eigenvalue weighted by molar-refractivity contribution is 6.35. The maximum atomic E-state index is 13.3. The highest BCUT2D eigenvalue weighted by Gasteiger charge is 2.27. The molecule has 0 aliphatic carbocycles. The van der Waals surface area contributed by atoms with E-state index in [0.717, 1.165) is 42.4 Å². The van der Waals surface area contributed by atoms with Gasteiger partial charge in [0.05, 0.1) is 30.4 Å². The summed E-state index contributed by atoms with van der Waals surface area (Å²) in [7, 11) is 0. The van der Waals surface area contributed by atoms with Crippen molar-refractivity contribution in [2.24, 2.45) is 5.92 Å². The average Bonchev–Trinajstić information content (AvgIpc) is 3.21. The Labute approximate surface area is 203 Å². The van der Waals surface area contributed by atoms with E-state index in [1.165, 1.54) is 0 Å². The van der Waals surface area contributed by atoms with E-state index >= 15 is 0 Å². The van der Waals surface area contributed by atoms with Gasteiger partial charge in [-0.05, 0) is 55.6 Å². The number of hydrogen-bond acceptors (Lipinski definition) is 3. The van der Waals surface area contributed by atoms with Crippen LogP contribution in [0.25, 0.3) is 10.9 Å². The van der Waals surface area contributed by atoms with Crippen molar-refractivity contribution in [1.82, 2.24) is 15.6 Å². The van der Waals surface area contributed by atoms with Gasteiger partial charge in [-0.2, -0.15) is 0 Å². The van der Waals surface area contributed by atoms with E-state index in [-0.39, 0.29) is 18.6 Å². The van der Waals surface area contributed by atoms with E-state index in [1.807, 2.05) is 24.3 Å². The molecule has 176 valence electrons. The molecule has 1 amide bonds. The smallest absolute Gasteiger partial charge is 0.251 e. The van der Waals surface area contributed by atoms with Crippen LogP contribution in [-0.2, 0) is 4.74 Å². The number of aromatic nitrogens is 1. The lowest BCUT2D eigenvalue weighted by atomic mass is 9.90. The van der Waals surface area contributed by atoms with Gasteiger partial charge < -0.3 is 20.4 Å². The van der Waals surface area contributed by atoms with E-state index in [1.54, 1.807) is 24.4 Å². The topological polar surface area (TPSA) is 66.2 Å². The zero-order chi connectivity index (χ0) is 23.2. The molecule has 2 heterocycles. The number of amides is 1. The second kappa shape index (κ2) is 11.3. The molecule has 2 atom stereocenters. The number of carbonyl (C=O) groups excluding carboxylic acids is 1. The predicted molar refractivity (Wildman–Crippen MR) is 131 cm³/mol. The minimum atomic E-state index is -0.474. The first-order valence-corrected chi connectivity index (χ1v) is 12.0. The van der Waals surface area contributed by atoms with Crippen molar-refractivity contribution in [3.63, 3.8) is 0 Å². The third-order valence-electron chi connectivity index (χ3n) is 6.26. The van der Waals surface area contributed by atoms with Crippen LogP contribution in [0.3, 0.4) is 0 Å². The molecule has 1 saturated heterocycles. The standard InChI is InChI=1S/C25H28Cl2FN3O2/c26-20-4-2-1-3-18(20)23(15-33-24(7-10-28)16-8-11-29-12-9-16)31-25(32)17-5-6-19-21(27)14-30-22(19)13-17/h1-6,13-14,16,23-24,29-30H,7-12,15H2,(H,31,32). The minimum absolute atomic E-state index is 0.198. The summed E-state index contributed by atoms with van der Waals surface area (Å²) in [4.78, 5) is 16.2. The zero-order valence-electron chi connectivity index (χ0n) is 18.3. The maximum absolute atomic E-state index is 13.3. The Bertz CT molecular complexity index is 1080. The first-order valence-electron chi connectivity index (χ1n) is 11.3. The fourth-order valence-electron chi connectivity index (χ4n) is 4.44. The Morgan fingerprint density at radius 1 is 1.15 bits per heavy atom. The quantitative estimate of drug-likeness (QED) is 0.360. The third kappa shape index (κ3) is 5.87. The van der Waals surface area contributed by atoms with Crippen molar-refractivity contribution in [2.75, 3.05) is 26.4 Å². The number of ether oxygens (including phenoxy) is 1. The van der Waals surface area contributed by atoms with Gasteiger partial charge in [0.15, 0.2) is 0 Å². The number of carbonyl (C=O) groups is 1. The van der Waals surface area contributed by atoms with Gasteiger partial charge in [-0.25, -0.2) is 0 Å². The Balaban J connectivity index is 1.52. The number of H-pyrrole nitrogens is 1. The minimum Gasteiger partial charge on any atom is -0.375 e. The van der Waals surface area contributed by atoms with E-state index in [4.69, 9.17) is 27.9 Å². The van der Waals surface area contributed by atoms with Crippen molar-refractivity contribution < 1.29 is 13.9 Å². The number of nitrogens with one attached hydrogen (secondary N) is 3. The molecule has 1 aromatic heterocycles. The van der Waals surface area contributed by atoms with Crippen molar-refractivity contribution in [3.8, 4) is 0 Å². The molecule has 8 heteroatoms. The summed E-state index contributed by atoms with van der Waals surface area (Å²) >= 11 is 12.6. The Hall–Kier alpha value is -2.12. The third-order valence-corrected chi connectivity index (χ3v) is 6.92. The van der Waals surface area contributed by atoms with E-state index in [0.29, 0.717) is 27.9 Å². The van der Waals surface area contributed by atoms with Crippen LogP contribution in [0.2, 0.25) is 10.0 Å². The first kappa shape index (κ1) is 24.0. The molecule has 5 nitrogen and oxygen atoms in total. The molecule has 2 aromatic carbocycles. The monoisotopic (exact) mass is 491 g/mol. The molecular formula is C25H28Cl2FN3O2. The average molecular weight is 492 g/mol. The summed E-state index contributed by atoms with van der Waals surface area (Å²) < 4.78 is 19.5. The van der Waals surface area contributed by atoms with Gasteiger partial charge in [-0.3, -0.25) is 9.18 Å². The Kier molecular flexibility index (Phi) is 8.25. The fraction of sp³-hybridized carbons (Fsp3) is 0.400. The molecule has 0 radical (unpaired) electrons. The SMILES string of the molecule is O=C(NC(COC(CCF)C1CCNCC1)c1ccccc1Cl)c1ccc2c(Cl)c[nH]c2c1. The summed E-state index contributed by atoms with van der Waals surface area (Å²) in [6.45, 7) is 1.59. The highest BCUT2D eigenvalue weighted by Crippen LogP contribution is 2.28. The van der Waals surface area contributed by atoms with E-state index in [9.17, 15) is 9.18 Å². The molecule has 4 rings (SSSR count). The van der Waals surface area contributed by atoms with Crippen LogP contribution in [0.4, 0.5) is 4.39 Å². The summed E-state index contributed by atoms with van der Waals surface area (Å²) in [6.07, 6.45) is 3.74. The van der Waals surface area contributed by atoms with Gasteiger partial charge >= 0.3 is 0 Å². The second-order valence-electron chi connectivity index (χ2n) is 8.38. The number of aromatic amines is 1.